The molecule has 1 saturated heterocycles. The molecular formula is C26H34N6O4. The summed E-state index contributed by atoms with van der Waals surface area (Å²) in [6.45, 7) is 7.72. The first-order valence-electron chi connectivity index (χ1n) is 12.3. The number of carbonyl (C=O) groups is 1. The minimum absolute atomic E-state index is 0.0148. The Kier molecular flexibility index (Phi) is 7.44. The Bertz CT molecular complexity index is 1430. The van der Waals surface area contributed by atoms with E-state index in [1.807, 2.05) is 31.4 Å². The maximum absolute atomic E-state index is 13.7. The molecule has 3 heterocycles. The lowest BCUT2D eigenvalue weighted by Gasteiger charge is -2.31. The third-order valence-electron chi connectivity index (χ3n) is 6.40. The van der Waals surface area contributed by atoms with E-state index in [2.05, 4.69) is 4.90 Å². The molecule has 3 aromatic rings. The second-order valence-corrected chi connectivity index (χ2v) is 9.44. The van der Waals surface area contributed by atoms with Gasteiger partial charge >= 0.3 is 5.69 Å². The quantitative estimate of drug-likeness (QED) is 0.376. The Morgan fingerprint density at radius 2 is 2.03 bits per heavy atom. The van der Waals surface area contributed by atoms with Gasteiger partial charge in [-0.3, -0.25) is 18.7 Å². The van der Waals surface area contributed by atoms with Crippen LogP contribution in [0.2, 0.25) is 0 Å². The molecule has 0 aliphatic carbocycles. The number of ether oxygens (including phenoxy) is 1. The zero-order valence-electron chi connectivity index (χ0n) is 21.4. The van der Waals surface area contributed by atoms with Gasteiger partial charge in [0.15, 0.2) is 16.9 Å². The predicted molar refractivity (Wildman–Crippen MR) is 140 cm³/mol. The van der Waals surface area contributed by atoms with Crippen LogP contribution in [0.15, 0.2) is 45.5 Å². The monoisotopic (exact) mass is 494 g/mol. The number of anilines is 1. The number of benzene rings is 1. The van der Waals surface area contributed by atoms with Gasteiger partial charge in [0.05, 0.1) is 13.2 Å². The zero-order valence-corrected chi connectivity index (χ0v) is 21.4. The number of hydrogen-bond acceptors (Lipinski definition) is 7. The van der Waals surface area contributed by atoms with Crippen molar-refractivity contribution in [3.05, 3.63) is 62.3 Å². The molecule has 0 amide bonds. The van der Waals surface area contributed by atoms with Gasteiger partial charge in [0.2, 0.25) is 5.95 Å². The summed E-state index contributed by atoms with van der Waals surface area (Å²) in [6.07, 6.45) is 3.86. The van der Waals surface area contributed by atoms with Gasteiger partial charge in [-0.1, -0.05) is 23.8 Å². The fraction of sp³-hybridized carbons (Fsp3) is 0.462. The lowest BCUT2D eigenvalue weighted by molar-refractivity contribution is 0.0968. The average molecular weight is 495 g/mol. The van der Waals surface area contributed by atoms with E-state index < -0.39 is 11.2 Å². The number of allylic oxidation sites excluding steroid dienone is 2. The van der Waals surface area contributed by atoms with Crippen molar-refractivity contribution in [2.24, 2.45) is 12.8 Å². The van der Waals surface area contributed by atoms with Crippen LogP contribution >= 0.6 is 0 Å². The molecule has 0 bridgehead atoms. The first-order valence-corrected chi connectivity index (χ1v) is 12.3. The molecule has 10 nitrogen and oxygen atoms in total. The lowest BCUT2D eigenvalue weighted by Crippen LogP contribution is -2.44. The Labute approximate surface area is 209 Å². The van der Waals surface area contributed by atoms with Crippen molar-refractivity contribution in [3.63, 3.8) is 0 Å². The summed E-state index contributed by atoms with van der Waals surface area (Å²) in [5, 5.41) is 0. The highest BCUT2D eigenvalue weighted by Crippen LogP contribution is 2.23. The van der Waals surface area contributed by atoms with Gasteiger partial charge in [0.25, 0.3) is 5.56 Å². The Morgan fingerprint density at radius 3 is 2.72 bits per heavy atom. The van der Waals surface area contributed by atoms with Crippen molar-refractivity contribution < 1.29 is 9.53 Å². The number of aryl methyl sites for hydroxylation is 1. The fourth-order valence-corrected chi connectivity index (χ4v) is 4.54. The van der Waals surface area contributed by atoms with E-state index in [1.165, 1.54) is 4.57 Å². The number of hydrogen-bond donors (Lipinski definition) is 1. The molecule has 192 valence electrons. The van der Waals surface area contributed by atoms with Crippen LogP contribution in [0.25, 0.3) is 11.2 Å². The molecule has 36 heavy (non-hydrogen) atoms. The summed E-state index contributed by atoms with van der Waals surface area (Å²) >= 11 is 0. The zero-order chi connectivity index (χ0) is 26.0. The molecule has 1 atom stereocenters. The van der Waals surface area contributed by atoms with Crippen molar-refractivity contribution in [3.8, 4) is 5.75 Å². The summed E-state index contributed by atoms with van der Waals surface area (Å²) in [5.74, 6) is 0.814. The third-order valence-corrected chi connectivity index (χ3v) is 6.40. The minimum atomic E-state index is -0.587. The molecule has 10 heteroatoms. The van der Waals surface area contributed by atoms with E-state index >= 15 is 0 Å². The van der Waals surface area contributed by atoms with Crippen LogP contribution in [0.5, 0.6) is 5.75 Å². The molecule has 2 N–H and O–H groups in total. The summed E-state index contributed by atoms with van der Waals surface area (Å²) in [6, 6.07) is 6.76. The number of ketones is 1. The SMILES string of the molecule is CCOc1cccc(C(=O)Cn2c(=O)c3c(nc(N4CCCC(N)C4)n3CC=C(C)C)n(C)c2=O)c1. The van der Waals surface area contributed by atoms with Gasteiger partial charge < -0.3 is 19.9 Å². The molecule has 1 unspecified atom stereocenters. The first kappa shape index (κ1) is 25.4. The molecule has 1 aromatic carbocycles. The Hall–Kier alpha value is -3.66. The van der Waals surface area contributed by atoms with Crippen LogP contribution in [0.1, 0.15) is 44.0 Å². The van der Waals surface area contributed by atoms with E-state index in [1.54, 1.807) is 31.3 Å². The second-order valence-electron chi connectivity index (χ2n) is 9.44. The number of nitrogens with two attached hydrogens (primary N) is 1. The van der Waals surface area contributed by atoms with E-state index in [0.29, 0.717) is 48.1 Å². The Balaban J connectivity index is 1.84. The number of imidazole rings is 1. The number of rotatable bonds is 8. The highest BCUT2D eigenvalue weighted by molar-refractivity contribution is 5.96. The molecule has 0 spiro atoms. The third kappa shape index (κ3) is 4.99. The lowest BCUT2D eigenvalue weighted by atomic mass is 10.1. The summed E-state index contributed by atoms with van der Waals surface area (Å²) in [5.41, 5.74) is 7.14. The van der Waals surface area contributed by atoms with Crippen LogP contribution < -0.4 is 26.6 Å². The smallest absolute Gasteiger partial charge is 0.332 e. The van der Waals surface area contributed by atoms with Gasteiger partial charge in [-0.05, 0) is 45.7 Å². The molecule has 0 saturated carbocycles. The molecule has 0 radical (unpaired) electrons. The van der Waals surface area contributed by atoms with E-state index in [0.717, 1.165) is 29.5 Å². The summed E-state index contributed by atoms with van der Waals surface area (Å²) < 4.78 is 9.65. The molecule has 1 aliphatic rings. The van der Waals surface area contributed by atoms with Crippen molar-refractivity contribution in [1.82, 2.24) is 18.7 Å². The summed E-state index contributed by atoms with van der Waals surface area (Å²) in [7, 11) is 1.57. The van der Waals surface area contributed by atoms with Crippen molar-refractivity contribution in [1.29, 1.82) is 0 Å². The van der Waals surface area contributed by atoms with Crippen molar-refractivity contribution in [2.45, 2.75) is 52.7 Å². The maximum Gasteiger partial charge on any atom is 0.332 e. The minimum Gasteiger partial charge on any atom is -0.494 e. The Morgan fingerprint density at radius 1 is 1.25 bits per heavy atom. The van der Waals surface area contributed by atoms with Crippen LogP contribution in [0.4, 0.5) is 5.95 Å². The highest BCUT2D eigenvalue weighted by Gasteiger charge is 2.26. The van der Waals surface area contributed by atoms with Crippen molar-refractivity contribution >= 4 is 22.9 Å². The number of fused-ring (bicyclic) bond motifs is 1. The van der Waals surface area contributed by atoms with Gasteiger partial charge in [0, 0.05) is 38.3 Å². The van der Waals surface area contributed by atoms with Gasteiger partial charge in [-0.2, -0.15) is 4.98 Å². The average Bonchev–Trinajstić information content (AvgIpc) is 3.24. The molecule has 1 aliphatic heterocycles. The second kappa shape index (κ2) is 10.5. The largest absolute Gasteiger partial charge is 0.494 e. The van der Waals surface area contributed by atoms with E-state index in [-0.39, 0.29) is 18.4 Å². The number of aromatic nitrogens is 4. The number of Topliss-reactive ketones (excluding diaryl/α,β-unsaturated/α-hetero) is 1. The van der Waals surface area contributed by atoms with Crippen LogP contribution in [0.3, 0.4) is 0 Å². The summed E-state index contributed by atoms with van der Waals surface area (Å²) in [4.78, 5) is 46.8. The molecule has 2 aromatic heterocycles. The number of carbonyl (C=O) groups excluding carboxylic acids is 1. The predicted octanol–water partition coefficient (Wildman–Crippen LogP) is 2.07. The number of nitrogens with zero attached hydrogens (tertiary/aromatic N) is 5. The van der Waals surface area contributed by atoms with Gasteiger partial charge in [-0.15, -0.1) is 0 Å². The van der Waals surface area contributed by atoms with Crippen molar-refractivity contribution in [2.75, 3.05) is 24.6 Å². The topological polar surface area (TPSA) is 117 Å². The molecule has 4 rings (SSSR count). The molecule has 1 fully saturated rings. The standard InChI is InChI=1S/C26H34N6O4/c1-5-36-20-10-6-8-18(14-20)21(33)16-32-24(34)22-23(29(4)26(32)35)28-25(31(22)13-11-17(2)3)30-12-7-9-19(27)15-30/h6,8,10-11,14,19H,5,7,9,12-13,15-16,27H2,1-4H3. The normalized spacial score (nSPS) is 15.8. The van der Waals surface area contributed by atoms with Gasteiger partial charge in [0.1, 0.15) is 5.75 Å². The maximum atomic E-state index is 13.7. The van der Waals surface area contributed by atoms with Crippen LogP contribution in [0, 0.1) is 0 Å². The fourth-order valence-electron chi connectivity index (χ4n) is 4.54. The number of piperidine rings is 1. The van der Waals surface area contributed by atoms with Gasteiger partial charge in [-0.25, -0.2) is 4.79 Å². The molecular weight excluding hydrogens is 460 g/mol. The van der Waals surface area contributed by atoms with Crippen LogP contribution in [-0.2, 0) is 20.1 Å². The first-order chi connectivity index (χ1) is 17.2. The van der Waals surface area contributed by atoms with Crippen LogP contribution in [-0.4, -0.2) is 50.2 Å². The van der Waals surface area contributed by atoms with E-state index in [9.17, 15) is 14.4 Å². The van der Waals surface area contributed by atoms with E-state index in [4.69, 9.17) is 15.5 Å². The highest BCUT2D eigenvalue weighted by atomic mass is 16.5.